The molecule has 0 aliphatic heterocycles. The smallest absolute Gasteiger partial charge is 0.335 e. The predicted octanol–water partition coefficient (Wildman–Crippen LogP) is 4.79. The first-order valence-corrected chi connectivity index (χ1v) is 13.1. The monoisotopic (exact) mass is 602 g/mol. The van der Waals surface area contributed by atoms with Crippen LogP contribution in [0.25, 0.3) is 0 Å². The van der Waals surface area contributed by atoms with Gasteiger partial charge in [-0.2, -0.15) is 0 Å². The fourth-order valence-corrected chi connectivity index (χ4v) is 5.63. The van der Waals surface area contributed by atoms with Crippen LogP contribution in [0, 0.1) is 11.8 Å². The van der Waals surface area contributed by atoms with Gasteiger partial charge in [-0.1, -0.05) is 12.1 Å². The van der Waals surface area contributed by atoms with E-state index in [2.05, 4.69) is 19.1 Å². The first kappa shape index (κ1) is 33.5. The van der Waals surface area contributed by atoms with Crippen molar-refractivity contribution in [2.24, 2.45) is 11.8 Å². The van der Waals surface area contributed by atoms with Gasteiger partial charge in [-0.15, -0.1) is 24.8 Å². The van der Waals surface area contributed by atoms with Crippen LogP contribution in [0.3, 0.4) is 0 Å². The zero-order chi connectivity index (χ0) is 26.5. The van der Waals surface area contributed by atoms with Crippen LogP contribution >= 0.6 is 24.8 Å². The number of benzene rings is 2. The molecule has 2 unspecified atom stereocenters. The van der Waals surface area contributed by atoms with E-state index in [9.17, 15) is 9.59 Å². The summed E-state index contributed by atoms with van der Waals surface area (Å²) in [4.78, 5) is 30.1. The molecule has 0 saturated heterocycles. The van der Waals surface area contributed by atoms with E-state index < -0.39 is 11.9 Å². The molecule has 0 saturated carbocycles. The molecule has 11 heteroatoms. The minimum Gasteiger partial charge on any atom is -0.478 e. The van der Waals surface area contributed by atoms with Gasteiger partial charge >= 0.3 is 11.9 Å². The molecule has 2 atom stereocenters. The Morgan fingerprint density at radius 3 is 1.46 bits per heavy atom. The highest BCUT2D eigenvalue weighted by Crippen LogP contribution is 2.28. The number of carbonyl (C=O) groups is 2. The van der Waals surface area contributed by atoms with Crippen LogP contribution < -0.4 is 0 Å². The molecular weight excluding hydrogens is 567 g/mol. The minimum atomic E-state index is -0.848. The highest BCUT2D eigenvalue weighted by molar-refractivity contribution is 5.88. The van der Waals surface area contributed by atoms with Crippen molar-refractivity contribution in [3.05, 3.63) is 107 Å². The highest BCUT2D eigenvalue weighted by atomic mass is 35.5. The van der Waals surface area contributed by atoms with E-state index in [1.165, 1.54) is 22.3 Å². The van der Waals surface area contributed by atoms with E-state index in [0.717, 1.165) is 51.6 Å². The number of rotatable bonds is 6. The Bertz CT molecular complexity index is 1300. The number of nitrogens with zero attached hydrogens (tertiary/aromatic N) is 4. The number of imidazole rings is 2. The zero-order valence-electron chi connectivity index (χ0n) is 22.6. The van der Waals surface area contributed by atoms with Gasteiger partial charge in [0.15, 0.2) is 0 Å². The second-order valence-corrected chi connectivity index (χ2v) is 10.3. The molecule has 2 aliphatic carbocycles. The highest BCUT2D eigenvalue weighted by Gasteiger charge is 2.21. The van der Waals surface area contributed by atoms with Gasteiger partial charge in [0.05, 0.1) is 23.8 Å². The molecule has 0 amide bonds. The largest absolute Gasteiger partial charge is 0.478 e. The molecule has 2 aromatic carbocycles. The maximum Gasteiger partial charge on any atom is 0.335 e. The average Bonchev–Trinajstić information content (AvgIpc) is 3.63. The molecule has 2 heterocycles. The lowest BCUT2D eigenvalue weighted by Gasteiger charge is -2.25. The van der Waals surface area contributed by atoms with Gasteiger partial charge in [-0.3, -0.25) is 0 Å². The van der Waals surface area contributed by atoms with Crippen molar-refractivity contribution in [1.29, 1.82) is 0 Å². The fourth-order valence-electron chi connectivity index (χ4n) is 5.63. The summed E-state index contributed by atoms with van der Waals surface area (Å²) in [5, 5.41) is 18.1. The molecule has 0 spiro atoms. The molecular formula is C30H36Cl2N4O5. The lowest BCUT2D eigenvalue weighted by atomic mass is 9.83. The van der Waals surface area contributed by atoms with Crippen molar-refractivity contribution in [3.8, 4) is 0 Å². The molecule has 6 rings (SSSR count). The van der Waals surface area contributed by atoms with Crippen molar-refractivity contribution in [2.45, 2.75) is 51.6 Å². The number of carboxylic acids is 2. The Hall–Kier alpha value is -3.66. The van der Waals surface area contributed by atoms with E-state index in [1.54, 1.807) is 24.5 Å². The van der Waals surface area contributed by atoms with Crippen molar-refractivity contribution in [1.82, 2.24) is 19.1 Å². The van der Waals surface area contributed by atoms with Crippen molar-refractivity contribution < 1.29 is 25.3 Å². The van der Waals surface area contributed by atoms with Crippen molar-refractivity contribution in [2.75, 3.05) is 0 Å². The maximum atomic E-state index is 11.0. The third-order valence-electron chi connectivity index (χ3n) is 7.62. The Balaban J connectivity index is 0.000000267. The van der Waals surface area contributed by atoms with Gasteiger partial charge in [0, 0.05) is 37.9 Å². The molecule has 2 aliphatic rings. The Kier molecular flexibility index (Phi) is 12.6. The Morgan fingerprint density at radius 1 is 0.707 bits per heavy atom. The number of hydrogen-bond donors (Lipinski definition) is 2. The number of aromatic carboxylic acids is 2. The SMILES string of the molecule is Cl.Cl.O.O=C(O)c1ccc2c(c1)CC(Cn1ccnc1)CC2.O=C(O)c1ccc2c(c1)CC(Cn1ccnc1)CC2. The van der Waals surface area contributed by atoms with Crippen LogP contribution in [-0.2, 0) is 38.8 Å². The standard InChI is InChI=1S/2C15H16N2O2.2ClH.H2O/c2*18-15(19)13-4-3-12-2-1-11(7-14(12)8-13)9-17-6-5-16-10-17;;;/h2*3-6,8,10-11H,1-2,7,9H2,(H,18,19);2*1H;1H2. The predicted molar refractivity (Wildman–Crippen MR) is 160 cm³/mol. The van der Waals surface area contributed by atoms with Gasteiger partial charge in [-0.25, -0.2) is 19.6 Å². The quantitative estimate of drug-likeness (QED) is 0.325. The molecule has 9 nitrogen and oxygen atoms in total. The summed E-state index contributed by atoms with van der Waals surface area (Å²) in [6.45, 7) is 1.91. The van der Waals surface area contributed by atoms with E-state index in [4.69, 9.17) is 10.2 Å². The van der Waals surface area contributed by atoms with E-state index in [-0.39, 0.29) is 30.3 Å². The molecule has 41 heavy (non-hydrogen) atoms. The van der Waals surface area contributed by atoms with Gasteiger partial charge in [0.2, 0.25) is 0 Å². The zero-order valence-corrected chi connectivity index (χ0v) is 24.2. The molecule has 4 N–H and O–H groups in total. The number of hydrogen-bond acceptors (Lipinski definition) is 4. The molecule has 0 fully saturated rings. The summed E-state index contributed by atoms with van der Waals surface area (Å²) in [5.41, 5.74) is 5.76. The summed E-state index contributed by atoms with van der Waals surface area (Å²) in [6, 6.07) is 11.0. The van der Waals surface area contributed by atoms with Crippen LogP contribution in [0.1, 0.15) is 55.8 Å². The number of fused-ring (bicyclic) bond motifs is 2. The summed E-state index contributed by atoms with van der Waals surface area (Å²) in [7, 11) is 0. The minimum absolute atomic E-state index is 0. The van der Waals surface area contributed by atoms with Crippen molar-refractivity contribution in [3.63, 3.8) is 0 Å². The van der Waals surface area contributed by atoms with Crippen LogP contribution in [-0.4, -0.2) is 46.7 Å². The average molecular weight is 604 g/mol. The Morgan fingerprint density at radius 2 is 1.12 bits per heavy atom. The number of aryl methyl sites for hydroxylation is 2. The molecule has 0 bridgehead atoms. The van der Waals surface area contributed by atoms with Crippen LogP contribution in [0.15, 0.2) is 73.8 Å². The van der Waals surface area contributed by atoms with Gasteiger partial charge in [0.25, 0.3) is 0 Å². The molecule has 220 valence electrons. The van der Waals surface area contributed by atoms with Crippen LogP contribution in [0.5, 0.6) is 0 Å². The first-order chi connectivity index (χ1) is 18.4. The van der Waals surface area contributed by atoms with E-state index in [0.29, 0.717) is 23.0 Å². The summed E-state index contributed by atoms with van der Waals surface area (Å²) in [6.07, 6.45) is 17.5. The second-order valence-electron chi connectivity index (χ2n) is 10.3. The van der Waals surface area contributed by atoms with E-state index in [1.807, 2.05) is 49.3 Å². The Labute approximate surface area is 251 Å². The number of carboxylic acid groups (broad SMARTS) is 2. The van der Waals surface area contributed by atoms with Gasteiger partial charge in [0.1, 0.15) is 0 Å². The fraction of sp³-hybridized carbons (Fsp3) is 0.333. The molecule has 4 aromatic rings. The summed E-state index contributed by atoms with van der Waals surface area (Å²) < 4.78 is 4.19. The lowest BCUT2D eigenvalue weighted by molar-refractivity contribution is 0.0686. The van der Waals surface area contributed by atoms with Crippen LogP contribution in [0.2, 0.25) is 0 Å². The number of aromatic nitrogens is 4. The topological polar surface area (TPSA) is 142 Å². The third kappa shape index (κ3) is 8.66. The normalized spacial score (nSPS) is 16.7. The third-order valence-corrected chi connectivity index (χ3v) is 7.62. The summed E-state index contributed by atoms with van der Waals surface area (Å²) >= 11 is 0. The van der Waals surface area contributed by atoms with Crippen molar-refractivity contribution >= 4 is 36.8 Å². The molecule has 2 aromatic heterocycles. The number of halogens is 2. The second kappa shape index (κ2) is 15.4. The summed E-state index contributed by atoms with van der Waals surface area (Å²) in [5.74, 6) is -0.574. The van der Waals surface area contributed by atoms with Gasteiger partial charge < -0.3 is 24.8 Å². The first-order valence-electron chi connectivity index (χ1n) is 13.1. The van der Waals surface area contributed by atoms with Gasteiger partial charge in [-0.05, 0) is 96.9 Å². The van der Waals surface area contributed by atoms with E-state index >= 15 is 0 Å². The maximum absolute atomic E-state index is 11.0. The lowest BCUT2D eigenvalue weighted by Crippen LogP contribution is -2.19. The molecule has 0 radical (unpaired) electrons. The van der Waals surface area contributed by atoms with Crippen LogP contribution in [0.4, 0.5) is 0 Å².